The zero-order chi connectivity index (χ0) is 10.6. The lowest BCUT2D eigenvalue weighted by atomic mass is 10.2. The molecule has 0 amide bonds. The van der Waals surface area contributed by atoms with E-state index in [9.17, 15) is 4.79 Å². The predicted molar refractivity (Wildman–Crippen MR) is 48.8 cm³/mol. The van der Waals surface area contributed by atoms with E-state index in [-0.39, 0.29) is 5.57 Å². The van der Waals surface area contributed by atoms with Crippen LogP contribution in [0.1, 0.15) is 5.69 Å². The number of carbonyl (C=O) groups is 1. The summed E-state index contributed by atoms with van der Waals surface area (Å²) in [5, 5.41) is 8.67. The number of nitrogens with zero attached hydrogens (tertiary/aromatic N) is 3. The van der Waals surface area contributed by atoms with E-state index in [0.717, 1.165) is 0 Å². The molecule has 1 aromatic heterocycles. The van der Waals surface area contributed by atoms with Crippen molar-refractivity contribution in [3.05, 3.63) is 23.8 Å². The molecule has 1 heterocycles. The van der Waals surface area contributed by atoms with Gasteiger partial charge in [0, 0.05) is 7.05 Å². The third-order valence-electron chi connectivity index (χ3n) is 1.67. The maximum atomic E-state index is 11.0. The lowest BCUT2D eigenvalue weighted by Gasteiger charge is -1.97. The summed E-state index contributed by atoms with van der Waals surface area (Å²) in [5.41, 5.74) is 0.628. The molecule has 0 unspecified atom stereocenters. The van der Waals surface area contributed by atoms with Crippen LogP contribution in [0.4, 0.5) is 0 Å². The van der Waals surface area contributed by atoms with Crippen LogP contribution in [-0.4, -0.2) is 22.6 Å². The van der Waals surface area contributed by atoms with Gasteiger partial charge >= 0.3 is 5.97 Å². The van der Waals surface area contributed by atoms with E-state index in [1.165, 1.54) is 13.2 Å². The fourth-order valence-corrected chi connectivity index (χ4v) is 0.901. The highest BCUT2D eigenvalue weighted by molar-refractivity contribution is 5.97. The van der Waals surface area contributed by atoms with E-state index in [2.05, 4.69) is 9.72 Å². The van der Waals surface area contributed by atoms with Crippen LogP contribution in [0.2, 0.25) is 0 Å². The quantitative estimate of drug-likeness (QED) is 0.388. The third-order valence-corrected chi connectivity index (χ3v) is 1.67. The number of aromatic nitrogens is 2. The van der Waals surface area contributed by atoms with Crippen molar-refractivity contribution in [1.82, 2.24) is 9.55 Å². The fraction of sp³-hybridized carbons (Fsp3) is 0.222. The van der Waals surface area contributed by atoms with Crippen molar-refractivity contribution in [2.75, 3.05) is 7.11 Å². The SMILES string of the molecule is COC(=O)/C(C#N)=C/c1cncn1C. The number of hydrogen-bond acceptors (Lipinski definition) is 4. The van der Waals surface area contributed by atoms with Crippen LogP contribution in [0, 0.1) is 11.3 Å². The number of carbonyl (C=O) groups excluding carboxylic acids is 1. The van der Waals surface area contributed by atoms with Crippen LogP contribution >= 0.6 is 0 Å². The second-order valence-corrected chi connectivity index (χ2v) is 2.59. The van der Waals surface area contributed by atoms with E-state index >= 15 is 0 Å². The molecule has 0 aromatic carbocycles. The van der Waals surface area contributed by atoms with Gasteiger partial charge in [0.1, 0.15) is 11.6 Å². The summed E-state index contributed by atoms with van der Waals surface area (Å²) < 4.78 is 6.13. The number of nitriles is 1. The normalized spacial score (nSPS) is 10.8. The smallest absolute Gasteiger partial charge is 0.348 e. The molecule has 0 radical (unpaired) electrons. The predicted octanol–water partition coefficient (Wildman–Crippen LogP) is 0.500. The zero-order valence-electron chi connectivity index (χ0n) is 7.89. The fourth-order valence-electron chi connectivity index (χ4n) is 0.901. The molecule has 0 aliphatic rings. The number of methoxy groups -OCH3 is 1. The molecule has 1 aromatic rings. The minimum Gasteiger partial charge on any atom is -0.465 e. The highest BCUT2D eigenvalue weighted by atomic mass is 16.5. The maximum absolute atomic E-state index is 11.0. The Balaban J connectivity index is 3.03. The van der Waals surface area contributed by atoms with Gasteiger partial charge in [0.15, 0.2) is 0 Å². The largest absolute Gasteiger partial charge is 0.465 e. The third kappa shape index (κ3) is 1.98. The first kappa shape index (κ1) is 9.99. The van der Waals surface area contributed by atoms with Crippen LogP contribution in [0.25, 0.3) is 6.08 Å². The van der Waals surface area contributed by atoms with Crippen LogP contribution in [0.15, 0.2) is 18.1 Å². The first-order valence-corrected chi connectivity index (χ1v) is 3.85. The van der Waals surface area contributed by atoms with E-state index in [1.807, 2.05) is 0 Å². The van der Waals surface area contributed by atoms with Crippen molar-refractivity contribution >= 4 is 12.0 Å². The molecule has 0 fully saturated rings. The second-order valence-electron chi connectivity index (χ2n) is 2.59. The lowest BCUT2D eigenvalue weighted by Crippen LogP contribution is -2.03. The van der Waals surface area contributed by atoms with Crippen LogP contribution in [-0.2, 0) is 16.6 Å². The molecule has 0 spiro atoms. The Morgan fingerprint density at radius 2 is 2.50 bits per heavy atom. The monoisotopic (exact) mass is 191 g/mol. The summed E-state index contributed by atoms with van der Waals surface area (Å²) in [7, 11) is 3.00. The molecule has 1 rings (SSSR count). The molecule has 0 bridgehead atoms. The maximum Gasteiger partial charge on any atom is 0.348 e. The molecule has 0 aliphatic carbocycles. The molecule has 5 heteroatoms. The van der Waals surface area contributed by atoms with Gasteiger partial charge in [-0.1, -0.05) is 0 Å². The van der Waals surface area contributed by atoms with Gasteiger partial charge in [0.25, 0.3) is 0 Å². The van der Waals surface area contributed by atoms with Gasteiger partial charge in [-0.05, 0) is 6.08 Å². The van der Waals surface area contributed by atoms with Crippen molar-refractivity contribution in [2.45, 2.75) is 0 Å². The number of imidazole rings is 1. The first-order chi connectivity index (χ1) is 6.69. The number of esters is 1. The number of aryl methyl sites for hydroxylation is 1. The molecule has 0 aliphatic heterocycles. The Morgan fingerprint density at radius 1 is 1.79 bits per heavy atom. The topological polar surface area (TPSA) is 67.9 Å². The number of ether oxygens (including phenoxy) is 1. The molecule has 72 valence electrons. The van der Waals surface area contributed by atoms with Crippen molar-refractivity contribution < 1.29 is 9.53 Å². The molecular weight excluding hydrogens is 182 g/mol. The van der Waals surface area contributed by atoms with Gasteiger partial charge in [0.05, 0.1) is 25.3 Å². The highest BCUT2D eigenvalue weighted by Gasteiger charge is 2.09. The average Bonchev–Trinajstić information content (AvgIpc) is 2.59. The molecule has 0 saturated heterocycles. The summed E-state index contributed by atoms with van der Waals surface area (Å²) in [6.07, 6.45) is 4.57. The van der Waals surface area contributed by atoms with Crippen LogP contribution in [0.3, 0.4) is 0 Å². The molecule has 5 nitrogen and oxygen atoms in total. The average molecular weight is 191 g/mol. The Kier molecular flexibility index (Phi) is 3.02. The zero-order valence-corrected chi connectivity index (χ0v) is 7.89. The molecule has 0 saturated carbocycles. The summed E-state index contributed by atoms with van der Waals surface area (Å²) in [5.74, 6) is -0.645. The summed E-state index contributed by atoms with van der Waals surface area (Å²) in [4.78, 5) is 14.9. The standard InChI is InChI=1S/C9H9N3O2/c1-12-6-11-5-8(12)3-7(4-10)9(13)14-2/h3,5-6H,1-2H3/b7-3+. The van der Waals surface area contributed by atoms with E-state index < -0.39 is 5.97 Å². The van der Waals surface area contributed by atoms with Crippen molar-refractivity contribution in [1.29, 1.82) is 5.26 Å². The summed E-state index contributed by atoms with van der Waals surface area (Å²) >= 11 is 0. The Hall–Kier alpha value is -2.09. The summed E-state index contributed by atoms with van der Waals surface area (Å²) in [6.45, 7) is 0. The lowest BCUT2D eigenvalue weighted by molar-refractivity contribution is -0.135. The molecule has 14 heavy (non-hydrogen) atoms. The number of rotatable bonds is 2. The molecule has 0 N–H and O–H groups in total. The van der Waals surface area contributed by atoms with Gasteiger partial charge in [-0.25, -0.2) is 9.78 Å². The Labute approximate surface area is 81.2 Å². The van der Waals surface area contributed by atoms with Gasteiger partial charge in [-0.15, -0.1) is 0 Å². The highest BCUT2D eigenvalue weighted by Crippen LogP contribution is 2.05. The van der Waals surface area contributed by atoms with E-state index in [4.69, 9.17) is 5.26 Å². The second kappa shape index (κ2) is 4.23. The minimum absolute atomic E-state index is 0.0453. The first-order valence-electron chi connectivity index (χ1n) is 3.85. The molecular formula is C9H9N3O2. The van der Waals surface area contributed by atoms with Gasteiger partial charge in [-0.2, -0.15) is 5.26 Å². The Morgan fingerprint density at radius 3 is 2.93 bits per heavy atom. The molecule has 0 atom stereocenters. The van der Waals surface area contributed by atoms with Crippen molar-refractivity contribution in [3.63, 3.8) is 0 Å². The van der Waals surface area contributed by atoms with Crippen LogP contribution in [0.5, 0.6) is 0 Å². The van der Waals surface area contributed by atoms with Gasteiger partial charge in [0.2, 0.25) is 0 Å². The summed E-state index contributed by atoms with van der Waals surface area (Å²) in [6, 6.07) is 1.76. The van der Waals surface area contributed by atoms with E-state index in [0.29, 0.717) is 5.69 Å². The Bertz CT molecular complexity index is 412. The van der Waals surface area contributed by atoms with Crippen molar-refractivity contribution in [3.8, 4) is 6.07 Å². The van der Waals surface area contributed by atoms with Gasteiger partial charge < -0.3 is 9.30 Å². The van der Waals surface area contributed by atoms with Crippen LogP contribution < -0.4 is 0 Å². The number of hydrogen-bond donors (Lipinski definition) is 0. The van der Waals surface area contributed by atoms with Crippen molar-refractivity contribution in [2.24, 2.45) is 7.05 Å². The minimum atomic E-state index is -0.645. The van der Waals surface area contributed by atoms with E-state index in [1.54, 1.807) is 30.2 Å². The van der Waals surface area contributed by atoms with Gasteiger partial charge in [-0.3, -0.25) is 0 Å².